The molecule has 0 spiro atoms. The van der Waals surface area contributed by atoms with Crippen LogP contribution in [0.25, 0.3) is 11.0 Å². The Hall–Kier alpha value is -2.44. The third kappa shape index (κ3) is 3.11. The van der Waals surface area contributed by atoms with Crippen molar-refractivity contribution >= 4 is 28.6 Å². The van der Waals surface area contributed by atoms with Crippen LogP contribution in [0.4, 0.5) is 5.69 Å². The minimum absolute atomic E-state index is 0.00752. The van der Waals surface area contributed by atoms with Crippen molar-refractivity contribution in [3.8, 4) is 0 Å². The molecule has 0 aliphatic heterocycles. The van der Waals surface area contributed by atoms with Gasteiger partial charge in [0.2, 0.25) is 5.91 Å². The number of carboxylic acids is 1. The molecule has 0 atom stereocenters. The molecule has 106 valence electrons. The SMILES string of the molecule is Cc1nn(C)c2ncc(NC(=O)CCCC(=O)O)cc12. The lowest BCUT2D eigenvalue weighted by molar-refractivity contribution is -0.137. The van der Waals surface area contributed by atoms with Crippen LogP contribution in [-0.4, -0.2) is 31.7 Å². The molecule has 0 bridgehead atoms. The number of carboxylic acid groups (broad SMARTS) is 1. The van der Waals surface area contributed by atoms with Gasteiger partial charge in [0, 0.05) is 25.3 Å². The van der Waals surface area contributed by atoms with Gasteiger partial charge in [-0.1, -0.05) is 0 Å². The molecule has 7 nitrogen and oxygen atoms in total. The number of hydrogen-bond acceptors (Lipinski definition) is 4. The van der Waals surface area contributed by atoms with Gasteiger partial charge in [0.15, 0.2) is 5.65 Å². The van der Waals surface area contributed by atoms with Crippen LogP contribution in [0.15, 0.2) is 12.3 Å². The summed E-state index contributed by atoms with van der Waals surface area (Å²) < 4.78 is 1.68. The summed E-state index contributed by atoms with van der Waals surface area (Å²) in [5.74, 6) is -1.11. The summed E-state index contributed by atoms with van der Waals surface area (Å²) in [4.78, 5) is 26.3. The van der Waals surface area contributed by atoms with Gasteiger partial charge in [-0.05, 0) is 19.4 Å². The first-order valence-corrected chi connectivity index (χ1v) is 6.28. The Balaban J connectivity index is 2.04. The minimum Gasteiger partial charge on any atom is -0.481 e. The van der Waals surface area contributed by atoms with Crippen LogP contribution >= 0.6 is 0 Å². The molecular weight excluding hydrogens is 260 g/mol. The zero-order valence-corrected chi connectivity index (χ0v) is 11.4. The number of pyridine rings is 1. The van der Waals surface area contributed by atoms with E-state index < -0.39 is 5.97 Å². The van der Waals surface area contributed by atoms with Crippen LogP contribution in [0.2, 0.25) is 0 Å². The number of anilines is 1. The van der Waals surface area contributed by atoms with Crippen molar-refractivity contribution in [3.05, 3.63) is 18.0 Å². The maximum Gasteiger partial charge on any atom is 0.303 e. The van der Waals surface area contributed by atoms with Gasteiger partial charge < -0.3 is 10.4 Å². The number of carbonyl (C=O) groups excluding carboxylic acids is 1. The summed E-state index contributed by atoms with van der Waals surface area (Å²) in [7, 11) is 1.81. The van der Waals surface area contributed by atoms with Crippen molar-refractivity contribution in [3.63, 3.8) is 0 Å². The second kappa shape index (κ2) is 5.68. The number of fused-ring (bicyclic) bond motifs is 1. The maximum absolute atomic E-state index is 11.7. The Bertz CT molecular complexity index is 663. The summed E-state index contributed by atoms with van der Waals surface area (Å²) in [6, 6.07) is 1.82. The molecule has 2 rings (SSSR count). The van der Waals surface area contributed by atoms with Crippen molar-refractivity contribution in [2.24, 2.45) is 7.05 Å². The molecule has 0 aromatic carbocycles. The molecule has 0 saturated heterocycles. The fraction of sp³-hybridized carbons (Fsp3) is 0.385. The molecule has 0 unspecified atom stereocenters. The molecule has 2 aromatic rings. The Labute approximate surface area is 115 Å². The van der Waals surface area contributed by atoms with Gasteiger partial charge in [-0.2, -0.15) is 5.10 Å². The number of aryl methyl sites for hydroxylation is 2. The van der Waals surface area contributed by atoms with E-state index in [0.717, 1.165) is 16.7 Å². The van der Waals surface area contributed by atoms with Crippen LogP contribution in [-0.2, 0) is 16.6 Å². The van der Waals surface area contributed by atoms with E-state index in [2.05, 4.69) is 15.4 Å². The Morgan fingerprint density at radius 2 is 2.15 bits per heavy atom. The predicted molar refractivity (Wildman–Crippen MR) is 73.4 cm³/mol. The third-order valence-electron chi connectivity index (χ3n) is 2.94. The first-order valence-electron chi connectivity index (χ1n) is 6.28. The minimum atomic E-state index is -0.896. The van der Waals surface area contributed by atoms with Gasteiger partial charge in [0.05, 0.1) is 17.6 Å². The zero-order valence-electron chi connectivity index (χ0n) is 11.4. The molecule has 20 heavy (non-hydrogen) atoms. The summed E-state index contributed by atoms with van der Waals surface area (Å²) in [5.41, 5.74) is 2.19. The third-order valence-corrected chi connectivity index (χ3v) is 2.94. The van der Waals surface area contributed by atoms with Gasteiger partial charge >= 0.3 is 5.97 Å². The summed E-state index contributed by atoms with van der Waals surface area (Å²) in [6.45, 7) is 1.88. The molecule has 0 aliphatic carbocycles. The fourth-order valence-electron chi connectivity index (χ4n) is 2.00. The van der Waals surface area contributed by atoms with Crippen LogP contribution in [0.3, 0.4) is 0 Å². The monoisotopic (exact) mass is 276 g/mol. The first kappa shape index (κ1) is 14.0. The van der Waals surface area contributed by atoms with Crippen molar-refractivity contribution in [2.75, 3.05) is 5.32 Å². The van der Waals surface area contributed by atoms with E-state index >= 15 is 0 Å². The van der Waals surface area contributed by atoms with Gasteiger partial charge in [-0.3, -0.25) is 14.3 Å². The van der Waals surface area contributed by atoms with Crippen molar-refractivity contribution < 1.29 is 14.7 Å². The highest BCUT2D eigenvalue weighted by Crippen LogP contribution is 2.19. The number of carbonyl (C=O) groups is 2. The molecule has 1 amide bonds. The van der Waals surface area contributed by atoms with Gasteiger partial charge in [-0.15, -0.1) is 0 Å². The lowest BCUT2D eigenvalue weighted by Crippen LogP contribution is -2.12. The van der Waals surface area contributed by atoms with Gasteiger partial charge in [0.25, 0.3) is 0 Å². The Morgan fingerprint density at radius 3 is 2.85 bits per heavy atom. The second-order valence-corrected chi connectivity index (χ2v) is 4.60. The molecule has 2 heterocycles. The maximum atomic E-state index is 11.7. The first-order chi connectivity index (χ1) is 9.47. The van der Waals surface area contributed by atoms with E-state index in [1.807, 2.05) is 20.0 Å². The smallest absolute Gasteiger partial charge is 0.303 e. The molecule has 0 fully saturated rings. The van der Waals surface area contributed by atoms with Crippen LogP contribution in [0.5, 0.6) is 0 Å². The quantitative estimate of drug-likeness (QED) is 0.861. The normalized spacial score (nSPS) is 10.7. The molecule has 7 heteroatoms. The van der Waals surface area contributed by atoms with Crippen LogP contribution < -0.4 is 5.32 Å². The lowest BCUT2D eigenvalue weighted by atomic mass is 10.2. The summed E-state index contributed by atoms with van der Waals surface area (Å²) >= 11 is 0. The highest BCUT2D eigenvalue weighted by molar-refractivity contribution is 5.93. The van der Waals surface area contributed by atoms with Crippen LogP contribution in [0.1, 0.15) is 25.0 Å². The number of nitrogens with zero attached hydrogens (tertiary/aromatic N) is 3. The van der Waals surface area contributed by atoms with E-state index in [0.29, 0.717) is 12.1 Å². The average molecular weight is 276 g/mol. The number of nitrogens with one attached hydrogen (secondary N) is 1. The fourth-order valence-corrected chi connectivity index (χ4v) is 2.00. The van der Waals surface area contributed by atoms with Crippen molar-refractivity contribution in [2.45, 2.75) is 26.2 Å². The van der Waals surface area contributed by atoms with E-state index in [1.54, 1.807) is 10.9 Å². The second-order valence-electron chi connectivity index (χ2n) is 4.60. The van der Waals surface area contributed by atoms with E-state index in [9.17, 15) is 9.59 Å². The molecular formula is C13H16N4O3. The van der Waals surface area contributed by atoms with Crippen molar-refractivity contribution in [1.82, 2.24) is 14.8 Å². The summed E-state index contributed by atoms with van der Waals surface area (Å²) in [6.07, 6.45) is 2.06. The largest absolute Gasteiger partial charge is 0.481 e. The Kier molecular flexibility index (Phi) is 3.97. The van der Waals surface area contributed by atoms with E-state index in [1.165, 1.54) is 0 Å². The van der Waals surface area contributed by atoms with Gasteiger partial charge in [-0.25, -0.2) is 4.98 Å². The number of aromatic nitrogens is 3. The van der Waals surface area contributed by atoms with Crippen LogP contribution in [0, 0.1) is 6.92 Å². The van der Waals surface area contributed by atoms with E-state index in [4.69, 9.17) is 5.11 Å². The molecule has 2 aromatic heterocycles. The highest BCUT2D eigenvalue weighted by atomic mass is 16.4. The lowest BCUT2D eigenvalue weighted by Gasteiger charge is -2.04. The standard InChI is InChI=1S/C13H16N4O3/c1-8-10-6-9(7-14-13(10)17(2)16-8)15-11(18)4-3-5-12(19)20/h6-7H,3-5H2,1-2H3,(H,15,18)(H,19,20). The highest BCUT2D eigenvalue weighted by Gasteiger charge is 2.09. The number of aliphatic carboxylic acids is 1. The molecule has 2 N–H and O–H groups in total. The molecule has 0 aliphatic rings. The van der Waals surface area contributed by atoms with E-state index in [-0.39, 0.29) is 18.7 Å². The topological polar surface area (TPSA) is 97.1 Å². The molecule has 0 saturated carbocycles. The zero-order chi connectivity index (χ0) is 14.7. The average Bonchev–Trinajstić information content (AvgIpc) is 2.64. The molecule has 0 radical (unpaired) electrons. The Morgan fingerprint density at radius 1 is 1.40 bits per heavy atom. The number of amides is 1. The summed E-state index contributed by atoms with van der Waals surface area (Å²) in [5, 5.41) is 16.4. The number of rotatable bonds is 5. The predicted octanol–water partition coefficient (Wildman–Crippen LogP) is 1.47. The van der Waals surface area contributed by atoms with Gasteiger partial charge in [0.1, 0.15) is 0 Å². The van der Waals surface area contributed by atoms with Crippen molar-refractivity contribution in [1.29, 1.82) is 0 Å². The number of hydrogen-bond donors (Lipinski definition) is 2.